The van der Waals surface area contributed by atoms with E-state index in [4.69, 9.17) is 14.5 Å². The number of rotatable bonds is 4. The number of pyridine rings is 1. The van der Waals surface area contributed by atoms with Crippen molar-refractivity contribution in [3.63, 3.8) is 0 Å². The van der Waals surface area contributed by atoms with Crippen LogP contribution in [0.1, 0.15) is 57.2 Å². The maximum absolute atomic E-state index is 13.1. The Balaban J connectivity index is 1.44. The minimum atomic E-state index is -0.512. The number of aromatic nitrogens is 1. The Morgan fingerprint density at radius 3 is 2.40 bits per heavy atom. The van der Waals surface area contributed by atoms with Crippen LogP contribution in [0.15, 0.2) is 48.7 Å². The summed E-state index contributed by atoms with van der Waals surface area (Å²) in [6.45, 7) is 9.01. The molecule has 2 aliphatic rings. The number of nitrogens with zero attached hydrogens (tertiary/aromatic N) is 4. The first-order valence-electron chi connectivity index (χ1n) is 12.5. The van der Waals surface area contributed by atoms with Gasteiger partial charge in [-0.25, -0.2) is 14.6 Å². The predicted molar refractivity (Wildman–Crippen MR) is 134 cm³/mol. The lowest BCUT2D eigenvalue weighted by atomic mass is 9.95. The van der Waals surface area contributed by atoms with Crippen LogP contribution in [0.25, 0.3) is 0 Å². The molecule has 0 aliphatic carbocycles. The molecule has 0 spiro atoms. The molecule has 0 saturated carbocycles. The normalized spacial score (nSPS) is 18.8. The first kappa shape index (κ1) is 24.8. The third-order valence-electron chi connectivity index (χ3n) is 6.35. The number of likely N-dealkylation sites (tertiary alicyclic amines) is 1. The van der Waals surface area contributed by atoms with E-state index >= 15 is 0 Å². The summed E-state index contributed by atoms with van der Waals surface area (Å²) in [5.74, 6) is 0.879. The van der Waals surface area contributed by atoms with E-state index in [0.29, 0.717) is 32.7 Å². The summed E-state index contributed by atoms with van der Waals surface area (Å²) in [7, 11) is 0. The van der Waals surface area contributed by atoms with Crippen molar-refractivity contribution in [1.29, 1.82) is 0 Å². The van der Waals surface area contributed by atoms with Crippen LogP contribution in [0.3, 0.4) is 0 Å². The Morgan fingerprint density at radius 2 is 1.69 bits per heavy atom. The quantitative estimate of drug-likeness (QED) is 0.613. The summed E-state index contributed by atoms with van der Waals surface area (Å²) in [6.07, 6.45) is 4.10. The van der Waals surface area contributed by atoms with Gasteiger partial charge >= 0.3 is 12.2 Å². The zero-order chi connectivity index (χ0) is 24.8. The molecule has 188 valence electrons. The third kappa shape index (κ3) is 6.44. The van der Waals surface area contributed by atoms with Crippen molar-refractivity contribution in [2.24, 2.45) is 0 Å². The van der Waals surface area contributed by atoms with Gasteiger partial charge in [-0.1, -0.05) is 36.4 Å². The van der Waals surface area contributed by atoms with Crippen molar-refractivity contribution in [2.45, 2.75) is 58.3 Å². The van der Waals surface area contributed by atoms with Gasteiger partial charge in [-0.05, 0) is 51.7 Å². The number of hydrogen-bond donors (Lipinski definition) is 0. The maximum atomic E-state index is 13.1. The lowest BCUT2D eigenvalue weighted by molar-refractivity contribution is 0.0239. The molecule has 0 radical (unpaired) electrons. The fourth-order valence-corrected chi connectivity index (χ4v) is 4.64. The number of benzene rings is 1. The van der Waals surface area contributed by atoms with Crippen molar-refractivity contribution in [3.05, 3.63) is 59.8 Å². The van der Waals surface area contributed by atoms with Crippen LogP contribution in [-0.2, 0) is 16.1 Å². The molecule has 8 heteroatoms. The average molecular weight is 481 g/mol. The van der Waals surface area contributed by atoms with E-state index in [2.05, 4.69) is 11.0 Å². The van der Waals surface area contributed by atoms with Gasteiger partial charge in [-0.2, -0.15) is 0 Å². The van der Waals surface area contributed by atoms with E-state index in [1.54, 1.807) is 11.1 Å². The molecule has 2 amide bonds. The highest BCUT2D eigenvalue weighted by Crippen LogP contribution is 2.36. The fourth-order valence-electron chi connectivity index (χ4n) is 4.64. The highest BCUT2D eigenvalue weighted by molar-refractivity contribution is 5.70. The molecule has 1 aromatic carbocycles. The van der Waals surface area contributed by atoms with Gasteiger partial charge in [0.25, 0.3) is 0 Å². The molecule has 2 saturated heterocycles. The molecule has 1 atom stereocenters. The Kier molecular flexibility index (Phi) is 7.78. The second-order valence-electron chi connectivity index (χ2n) is 10.1. The molecule has 2 fully saturated rings. The third-order valence-corrected chi connectivity index (χ3v) is 6.35. The summed E-state index contributed by atoms with van der Waals surface area (Å²) >= 11 is 0. The van der Waals surface area contributed by atoms with Crippen LogP contribution in [0.5, 0.6) is 0 Å². The Bertz CT molecular complexity index is 1000. The Hall–Kier alpha value is -3.29. The molecule has 8 nitrogen and oxygen atoms in total. The van der Waals surface area contributed by atoms with Gasteiger partial charge in [-0.3, -0.25) is 0 Å². The lowest BCUT2D eigenvalue weighted by Gasteiger charge is -2.40. The number of anilines is 1. The summed E-state index contributed by atoms with van der Waals surface area (Å²) in [5.41, 5.74) is 1.50. The van der Waals surface area contributed by atoms with Crippen molar-refractivity contribution in [1.82, 2.24) is 14.8 Å². The molecular weight excluding hydrogens is 444 g/mol. The molecule has 4 rings (SSSR count). The Labute approximate surface area is 207 Å². The summed E-state index contributed by atoms with van der Waals surface area (Å²) in [6, 6.07) is 13.7. The predicted octanol–water partition coefficient (Wildman–Crippen LogP) is 5.00. The number of ether oxygens (including phenoxy) is 2. The second kappa shape index (κ2) is 11.0. The van der Waals surface area contributed by atoms with Gasteiger partial charge in [0.15, 0.2) is 0 Å². The van der Waals surface area contributed by atoms with Gasteiger partial charge in [0, 0.05) is 44.5 Å². The number of hydrogen-bond acceptors (Lipinski definition) is 6. The largest absolute Gasteiger partial charge is 0.445 e. The average Bonchev–Trinajstić information content (AvgIpc) is 2.87. The van der Waals surface area contributed by atoms with Gasteiger partial charge in [0.1, 0.15) is 18.0 Å². The molecule has 2 aliphatic heterocycles. The van der Waals surface area contributed by atoms with Crippen LogP contribution in [-0.4, -0.2) is 65.3 Å². The first-order valence-corrected chi connectivity index (χ1v) is 12.5. The van der Waals surface area contributed by atoms with E-state index in [1.165, 1.54) is 0 Å². The van der Waals surface area contributed by atoms with Gasteiger partial charge < -0.3 is 24.2 Å². The lowest BCUT2D eigenvalue weighted by Crippen LogP contribution is -2.50. The number of piperidine rings is 1. The molecule has 2 aromatic rings. The van der Waals surface area contributed by atoms with Crippen molar-refractivity contribution < 1.29 is 19.1 Å². The van der Waals surface area contributed by atoms with Crippen molar-refractivity contribution in [2.75, 3.05) is 37.6 Å². The zero-order valence-corrected chi connectivity index (χ0v) is 21.0. The summed E-state index contributed by atoms with van der Waals surface area (Å²) < 4.78 is 11.2. The Morgan fingerprint density at radius 1 is 0.943 bits per heavy atom. The van der Waals surface area contributed by atoms with Crippen LogP contribution in [0.4, 0.5) is 15.4 Å². The molecular formula is C27H36N4O4. The smallest absolute Gasteiger partial charge is 0.410 e. The second-order valence-corrected chi connectivity index (χ2v) is 10.1. The maximum Gasteiger partial charge on any atom is 0.410 e. The van der Waals surface area contributed by atoms with E-state index in [-0.39, 0.29) is 24.8 Å². The molecule has 35 heavy (non-hydrogen) atoms. The number of carbonyl (C=O) groups is 2. The van der Waals surface area contributed by atoms with Crippen LogP contribution in [0, 0.1) is 0 Å². The first-order chi connectivity index (χ1) is 16.8. The number of amides is 2. The van der Waals surface area contributed by atoms with Gasteiger partial charge in [-0.15, -0.1) is 0 Å². The minimum Gasteiger partial charge on any atom is -0.445 e. The number of carbonyl (C=O) groups excluding carboxylic acids is 2. The standard InChI is InChI=1S/C27H36N4O4/c1-27(2,3)35-25(32)30-18-16-29(17-19-30)24-22(12-9-14-28-24)23-13-7-8-15-31(23)26(33)34-20-21-10-5-4-6-11-21/h4-6,9-12,14,23H,7-8,13,15-20H2,1-3H3. The monoisotopic (exact) mass is 480 g/mol. The van der Waals surface area contributed by atoms with E-state index in [1.807, 2.05) is 62.1 Å². The van der Waals surface area contributed by atoms with Crippen LogP contribution in [0.2, 0.25) is 0 Å². The molecule has 1 aromatic heterocycles. The SMILES string of the molecule is CC(C)(C)OC(=O)N1CCN(c2ncccc2C2CCCCN2C(=O)OCc2ccccc2)CC1. The van der Waals surface area contributed by atoms with Crippen LogP contribution >= 0.6 is 0 Å². The van der Waals surface area contributed by atoms with E-state index in [0.717, 1.165) is 36.2 Å². The summed E-state index contributed by atoms with van der Waals surface area (Å²) in [5, 5.41) is 0. The van der Waals surface area contributed by atoms with E-state index in [9.17, 15) is 9.59 Å². The van der Waals surface area contributed by atoms with Crippen LogP contribution < -0.4 is 4.90 Å². The number of piperazine rings is 1. The molecule has 3 heterocycles. The molecule has 1 unspecified atom stereocenters. The molecule has 0 N–H and O–H groups in total. The highest BCUT2D eigenvalue weighted by atomic mass is 16.6. The fraction of sp³-hybridized carbons (Fsp3) is 0.519. The van der Waals surface area contributed by atoms with Crippen molar-refractivity contribution in [3.8, 4) is 0 Å². The zero-order valence-electron chi connectivity index (χ0n) is 21.0. The topological polar surface area (TPSA) is 75.2 Å². The minimum absolute atomic E-state index is 0.0837. The highest BCUT2D eigenvalue weighted by Gasteiger charge is 2.33. The molecule has 0 bridgehead atoms. The van der Waals surface area contributed by atoms with Gasteiger partial charge in [0.2, 0.25) is 0 Å². The van der Waals surface area contributed by atoms with Gasteiger partial charge in [0.05, 0.1) is 6.04 Å². The summed E-state index contributed by atoms with van der Waals surface area (Å²) in [4.78, 5) is 36.1. The van der Waals surface area contributed by atoms with E-state index < -0.39 is 5.60 Å². The van der Waals surface area contributed by atoms with Crippen molar-refractivity contribution >= 4 is 18.0 Å².